The van der Waals surface area contributed by atoms with E-state index in [1.807, 2.05) is 37.3 Å². The number of carbonyl (C=O) groups excluding carboxylic acids is 2. The van der Waals surface area contributed by atoms with Gasteiger partial charge in [0.1, 0.15) is 5.56 Å². The van der Waals surface area contributed by atoms with Crippen LogP contribution in [0.2, 0.25) is 0 Å². The first-order chi connectivity index (χ1) is 14.6. The molecule has 0 bridgehead atoms. The van der Waals surface area contributed by atoms with Crippen molar-refractivity contribution < 1.29 is 14.3 Å². The molecule has 0 aliphatic rings. The second-order valence-corrected chi connectivity index (χ2v) is 6.55. The molecule has 0 fully saturated rings. The molecule has 3 aromatic heterocycles. The lowest BCUT2D eigenvalue weighted by molar-refractivity contribution is 0.0527. The molecule has 1 aromatic carbocycles. The van der Waals surface area contributed by atoms with Crippen molar-refractivity contribution in [1.82, 2.24) is 19.7 Å². The van der Waals surface area contributed by atoms with Crippen LogP contribution in [0.1, 0.15) is 33.2 Å². The lowest BCUT2D eigenvalue weighted by Crippen LogP contribution is -2.18. The molecule has 0 aliphatic heterocycles. The Morgan fingerprint density at radius 3 is 2.73 bits per heavy atom. The highest BCUT2D eigenvalue weighted by atomic mass is 16.5. The minimum Gasteiger partial charge on any atom is -0.462 e. The molecule has 0 spiro atoms. The maximum absolute atomic E-state index is 12.7. The summed E-state index contributed by atoms with van der Waals surface area (Å²) < 4.78 is 6.55. The SMILES string of the molecule is CCOC(=O)c1cnn(-c2cc(C)c3ccccc3n2)c1NC(=O)c1cccnc1. The highest BCUT2D eigenvalue weighted by Crippen LogP contribution is 2.25. The average Bonchev–Trinajstić information content (AvgIpc) is 3.18. The van der Waals surface area contributed by atoms with Crippen molar-refractivity contribution in [2.24, 2.45) is 0 Å². The second kappa shape index (κ2) is 8.12. The van der Waals surface area contributed by atoms with E-state index in [0.29, 0.717) is 11.4 Å². The molecule has 0 radical (unpaired) electrons. The van der Waals surface area contributed by atoms with Crippen LogP contribution in [0.5, 0.6) is 0 Å². The first kappa shape index (κ1) is 19.3. The van der Waals surface area contributed by atoms with Gasteiger partial charge in [0.05, 0.1) is 23.9 Å². The maximum atomic E-state index is 12.7. The lowest BCUT2D eigenvalue weighted by atomic mass is 10.1. The molecule has 30 heavy (non-hydrogen) atoms. The van der Waals surface area contributed by atoms with Crippen LogP contribution in [0.15, 0.2) is 61.1 Å². The van der Waals surface area contributed by atoms with Gasteiger partial charge in [-0.05, 0) is 43.7 Å². The van der Waals surface area contributed by atoms with Crippen LogP contribution < -0.4 is 5.32 Å². The second-order valence-electron chi connectivity index (χ2n) is 6.55. The van der Waals surface area contributed by atoms with Crippen LogP contribution in [0.3, 0.4) is 0 Å². The molecule has 0 saturated heterocycles. The fourth-order valence-corrected chi connectivity index (χ4v) is 3.12. The number of nitrogens with zero attached hydrogens (tertiary/aromatic N) is 4. The van der Waals surface area contributed by atoms with Gasteiger partial charge < -0.3 is 10.1 Å². The zero-order valence-corrected chi connectivity index (χ0v) is 16.5. The van der Waals surface area contributed by atoms with Gasteiger partial charge in [0.25, 0.3) is 5.91 Å². The molecule has 1 amide bonds. The summed E-state index contributed by atoms with van der Waals surface area (Å²) in [5, 5.41) is 8.08. The van der Waals surface area contributed by atoms with E-state index in [2.05, 4.69) is 20.4 Å². The number of para-hydroxylation sites is 1. The van der Waals surface area contributed by atoms with Crippen LogP contribution in [-0.4, -0.2) is 38.2 Å². The third-order valence-electron chi connectivity index (χ3n) is 4.55. The predicted molar refractivity (Wildman–Crippen MR) is 112 cm³/mol. The molecule has 8 nitrogen and oxygen atoms in total. The number of rotatable bonds is 5. The Morgan fingerprint density at radius 2 is 1.97 bits per heavy atom. The van der Waals surface area contributed by atoms with Crippen LogP contribution in [0, 0.1) is 6.92 Å². The zero-order chi connectivity index (χ0) is 21.1. The van der Waals surface area contributed by atoms with Crippen molar-refractivity contribution in [3.63, 3.8) is 0 Å². The minimum atomic E-state index is -0.581. The topological polar surface area (TPSA) is 99.0 Å². The quantitative estimate of drug-likeness (QED) is 0.514. The Labute approximate surface area is 172 Å². The van der Waals surface area contributed by atoms with Crippen molar-refractivity contribution in [2.75, 3.05) is 11.9 Å². The van der Waals surface area contributed by atoms with Crippen LogP contribution >= 0.6 is 0 Å². The summed E-state index contributed by atoms with van der Waals surface area (Å²) in [5.41, 5.74) is 2.27. The van der Waals surface area contributed by atoms with Crippen molar-refractivity contribution >= 4 is 28.6 Å². The Bertz CT molecular complexity index is 1230. The molecule has 4 rings (SSSR count). The Hall–Kier alpha value is -4.07. The minimum absolute atomic E-state index is 0.140. The van der Waals surface area contributed by atoms with Gasteiger partial charge in [-0.2, -0.15) is 9.78 Å². The van der Waals surface area contributed by atoms with E-state index in [4.69, 9.17) is 4.74 Å². The molecule has 0 atom stereocenters. The number of hydrogen-bond donors (Lipinski definition) is 1. The molecule has 4 aromatic rings. The fourth-order valence-electron chi connectivity index (χ4n) is 3.12. The molecule has 150 valence electrons. The van der Waals surface area contributed by atoms with Gasteiger partial charge in [0.2, 0.25) is 0 Å². The average molecular weight is 401 g/mol. The van der Waals surface area contributed by atoms with E-state index in [-0.39, 0.29) is 18.0 Å². The first-order valence-corrected chi connectivity index (χ1v) is 9.41. The van der Waals surface area contributed by atoms with Gasteiger partial charge >= 0.3 is 5.97 Å². The number of fused-ring (bicyclic) bond motifs is 1. The zero-order valence-electron chi connectivity index (χ0n) is 16.5. The smallest absolute Gasteiger partial charge is 0.343 e. The largest absolute Gasteiger partial charge is 0.462 e. The summed E-state index contributed by atoms with van der Waals surface area (Å²) in [6.07, 6.45) is 4.38. The number of carbonyl (C=O) groups is 2. The van der Waals surface area contributed by atoms with Crippen molar-refractivity contribution in [3.8, 4) is 5.82 Å². The molecule has 0 saturated carbocycles. The summed E-state index contributed by atoms with van der Waals surface area (Å²) >= 11 is 0. The number of benzene rings is 1. The van der Waals surface area contributed by atoms with Crippen LogP contribution in [0.4, 0.5) is 5.82 Å². The summed E-state index contributed by atoms with van der Waals surface area (Å²) in [6.45, 7) is 3.88. The number of esters is 1. The molecule has 3 heterocycles. The summed E-state index contributed by atoms with van der Waals surface area (Å²) in [7, 11) is 0. The third-order valence-corrected chi connectivity index (χ3v) is 4.55. The molecular formula is C22H19N5O3. The lowest BCUT2D eigenvalue weighted by Gasteiger charge is -2.12. The Kier molecular flexibility index (Phi) is 5.21. The van der Waals surface area contributed by atoms with Gasteiger partial charge in [-0.3, -0.25) is 9.78 Å². The predicted octanol–water partition coefficient (Wildman–Crippen LogP) is 3.55. The number of ether oxygens (including phenoxy) is 1. The number of aryl methyl sites for hydroxylation is 1. The number of hydrogen-bond acceptors (Lipinski definition) is 6. The summed E-state index contributed by atoms with van der Waals surface area (Å²) in [4.78, 5) is 33.8. The van der Waals surface area contributed by atoms with Crippen molar-refractivity contribution in [1.29, 1.82) is 0 Å². The number of pyridine rings is 2. The van der Waals surface area contributed by atoms with Gasteiger partial charge in [-0.15, -0.1) is 0 Å². The maximum Gasteiger partial charge on any atom is 0.343 e. The Morgan fingerprint density at radius 1 is 1.13 bits per heavy atom. The van der Waals surface area contributed by atoms with E-state index in [9.17, 15) is 9.59 Å². The fraction of sp³-hybridized carbons (Fsp3) is 0.136. The van der Waals surface area contributed by atoms with Gasteiger partial charge in [0.15, 0.2) is 11.6 Å². The standard InChI is InChI=1S/C22H19N5O3/c1-3-30-22(29)17-13-24-27(20(17)26-21(28)15-7-6-10-23-12-15)19-11-14(2)16-8-4-5-9-18(16)25-19/h4-13H,3H2,1-2H3,(H,26,28). The highest BCUT2D eigenvalue weighted by Gasteiger charge is 2.23. The van der Waals surface area contributed by atoms with Crippen LogP contribution in [0.25, 0.3) is 16.7 Å². The number of nitrogens with one attached hydrogen (secondary N) is 1. The van der Waals surface area contributed by atoms with Gasteiger partial charge in [-0.25, -0.2) is 9.78 Å². The number of amides is 1. The number of anilines is 1. The van der Waals surface area contributed by atoms with E-state index in [1.165, 1.54) is 17.1 Å². The highest BCUT2D eigenvalue weighted by molar-refractivity contribution is 6.07. The molecule has 8 heteroatoms. The Balaban J connectivity index is 1.82. The van der Waals surface area contributed by atoms with E-state index in [1.54, 1.807) is 25.3 Å². The molecule has 0 aliphatic carbocycles. The van der Waals surface area contributed by atoms with E-state index >= 15 is 0 Å². The normalized spacial score (nSPS) is 10.7. The summed E-state index contributed by atoms with van der Waals surface area (Å²) in [5.74, 6) is -0.344. The summed E-state index contributed by atoms with van der Waals surface area (Å²) in [6, 6.07) is 12.9. The van der Waals surface area contributed by atoms with Crippen LogP contribution in [-0.2, 0) is 4.74 Å². The van der Waals surface area contributed by atoms with Crippen molar-refractivity contribution in [3.05, 3.63) is 77.7 Å². The number of aromatic nitrogens is 4. The monoisotopic (exact) mass is 401 g/mol. The van der Waals surface area contributed by atoms with Crippen molar-refractivity contribution in [2.45, 2.75) is 13.8 Å². The molecular weight excluding hydrogens is 382 g/mol. The third kappa shape index (κ3) is 3.62. The van der Waals surface area contributed by atoms with E-state index in [0.717, 1.165) is 16.5 Å². The van der Waals surface area contributed by atoms with E-state index < -0.39 is 11.9 Å². The van der Waals surface area contributed by atoms with Gasteiger partial charge in [-0.1, -0.05) is 18.2 Å². The van der Waals surface area contributed by atoms with Gasteiger partial charge in [0, 0.05) is 17.8 Å². The molecule has 0 unspecified atom stereocenters. The molecule has 1 N–H and O–H groups in total. The first-order valence-electron chi connectivity index (χ1n) is 9.41.